The third-order valence-corrected chi connectivity index (χ3v) is 6.68. The van der Waals surface area contributed by atoms with Crippen molar-refractivity contribution in [2.24, 2.45) is 28.7 Å². The van der Waals surface area contributed by atoms with Crippen molar-refractivity contribution in [1.82, 2.24) is 31.2 Å². The van der Waals surface area contributed by atoms with Crippen molar-refractivity contribution >= 4 is 35.6 Å². The van der Waals surface area contributed by atoms with Gasteiger partial charge in [0.15, 0.2) is 0 Å². The number of H-pyrrole nitrogens is 1. The maximum Gasteiger partial charge on any atom is 0.326 e. The molecule has 0 aliphatic carbocycles. The van der Waals surface area contributed by atoms with Crippen LogP contribution in [0.15, 0.2) is 12.5 Å². The van der Waals surface area contributed by atoms with Crippen LogP contribution in [0.3, 0.4) is 0 Å². The van der Waals surface area contributed by atoms with Crippen molar-refractivity contribution in [1.29, 1.82) is 0 Å². The van der Waals surface area contributed by atoms with Crippen LogP contribution in [0.2, 0.25) is 0 Å². The van der Waals surface area contributed by atoms with E-state index in [1.54, 1.807) is 0 Å². The van der Waals surface area contributed by atoms with Crippen molar-refractivity contribution in [3.8, 4) is 0 Å². The molecule has 0 radical (unpaired) electrons. The highest BCUT2D eigenvalue weighted by molar-refractivity contribution is 5.91. The summed E-state index contributed by atoms with van der Waals surface area (Å²) in [4.78, 5) is 76.2. The number of aliphatic carboxylic acids is 2. The summed E-state index contributed by atoms with van der Waals surface area (Å²) in [5, 5.41) is 28.0. The van der Waals surface area contributed by atoms with Crippen LogP contribution < -0.4 is 49.9 Å². The molecule has 0 saturated heterocycles. The fourth-order valence-corrected chi connectivity index (χ4v) is 4.01. The Morgan fingerprint density at radius 2 is 1.23 bits per heavy atom. The van der Waals surface area contributed by atoms with E-state index in [-0.39, 0.29) is 25.9 Å². The first-order valence-electron chi connectivity index (χ1n) is 15.6. The second-order valence-corrected chi connectivity index (χ2v) is 10.6. The Balaban J connectivity index is 0.000000966. The minimum Gasteiger partial charge on any atom is -0.480 e. The van der Waals surface area contributed by atoms with Crippen LogP contribution in [0, 0.1) is 0 Å². The Kier molecular flexibility index (Phi) is 23.7. The highest BCUT2D eigenvalue weighted by Gasteiger charge is 2.27. The molecule has 0 unspecified atom stereocenters. The number of aromatic amines is 1. The number of hydrogen-bond donors (Lipinski definition) is 12. The highest BCUT2D eigenvalue weighted by atomic mass is 16.4. The van der Waals surface area contributed by atoms with Gasteiger partial charge in [-0.1, -0.05) is 6.42 Å². The summed E-state index contributed by atoms with van der Waals surface area (Å²) in [7, 11) is 0. The number of imidazole rings is 1. The molecule has 0 aromatic carbocycles. The van der Waals surface area contributed by atoms with Crippen molar-refractivity contribution in [3.05, 3.63) is 18.2 Å². The van der Waals surface area contributed by atoms with Crippen LogP contribution in [-0.4, -0.2) is 113 Å². The van der Waals surface area contributed by atoms with Crippen LogP contribution in [0.5, 0.6) is 0 Å². The van der Waals surface area contributed by atoms with Crippen LogP contribution >= 0.6 is 0 Å². The minimum atomic E-state index is -1.18. The number of aromatic nitrogens is 2. The monoisotopic (exact) mass is 671 g/mol. The van der Waals surface area contributed by atoms with E-state index >= 15 is 0 Å². The van der Waals surface area contributed by atoms with Gasteiger partial charge in [0, 0.05) is 12.6 Å². The van der Waals surface area contributed by atoms with Crippen molar-refractivity contribution < 1.29 is 39.0 Å². The van der Waals surface area contributed by atoms with Crippen molar-refractivity contribution in [2.45, 2.75) is 88.4 Å². The van der Waals surface area contributed by atoms with Gasteiger partial charge in [-0.05, 0) is 71.0 Å². The predicted octanol–water partition coefficient (Wildman–Crippen LogP) is -3.65. The lowest BCUT2D eigenvalue weighted by Crippen LogP contribution is -2.54. The number of carbonyl (C=O) groups is 6. The molecule has 4 amide bonds. The molecule has 1 aromatic rings. The number of nitrogens with zero attached hydrogens (tertiary/aromatic N) is 1. The summed E-state index contributed by atoms with van der Waals surface area (Å²) in [6.07, 6.45) is 8.19. The summed E-state index contributed by atoms with van der Waals surface area (Å²) < 4.78 is 0. The molecule has 19 nitrogen and oxygen atoms in total. The van der Waals surface area contributed by atoms with E-state index in [4.69, 9.17) is 33.8 Å². The molecule has 0 bridgehead atoms. The van der Waals surface area contributed by atoms with Gasteiger partial charge in [0.1, 0.15) is 18.1 Å². The summed E-state index contributed by atoms with van der Waals surface area (Å²) in [6, 6.07) is -3.72. The van der Waals surface area contributed by atoms with Gasteiger partial charge in [0.2, 0.25) is 23.6 Å². The van der Waals surface area contributed by atoms with Gasteiger partial charge >= 0.3 is 11.9 Å². The Hall–Kier alpha value is -4.17. The molecule has 1 rings (SSSR count). The summed E-state index contributed by atoms with van der Waals surface area (Å²) >= 11 is 0. The van der Waals surface area contributed by atoms with Crippen LogP contribution in [-0.2, 0) is 35.2 Å². The summed E-state index contributed by atoms with van der Waals surface area (Å²) in [6.45, 7) is 0.903. The first-order valence-corrected chi connectivity index (χ1v) is 15.6. The van der Waals surface area contributed by atoms with E-state index in [1.807, 2.05) is 0 Å². The SMILES string of the molecule is NCC(=O)NCC(=O)N[C@@H](Cc1c[nH]cn1)C(=O)O.NCCCC[C@H](NC(=O)[C@H](CCCCN)NC(=O)[C@@H](N)CCCCN)C(=O)O. The summed E-state index contributed by atoms with van der Waals surface area (Å²) in [5.41, 5.74) is 27.8. The number of carbonyl (C=O) groups excluding carboxylic acids is 4. The molecular weight excluding hydrogens is 618 g/mol. The standard InChI is InChI=1S/C18H38N6O4.C10H15N5O4/c19-10-4-1-7-13(22)16(25)23-14(8-2-5-11-20)17(26)24-15(18(27)28)9-3-6-12-21;11-2-8(16)13-4-9(17)15-7(10(18)19)1-6-3-12-5-14-6/h13-15H,1-12,19-22H2,(H,23,25)(H,24,26)(H,27,28);3,5,7H,1-2,4,11H2,(H,12,14)(H,13,16)(H,15,17)(H,18,19)/t13-,14-,15-;7-/m00/s1. The van der Waals surface area contributed by atoms with Gasteiger partial charge in [-0.2, -0.15) is 0 Å². The molecule has 47 heavy (non-hydrogen) atoms. The molecular formula is C28H53N11O8. The Morgan fingerprint density at radius 3 is 1.72 bits per heavy atom. The third kappa shape index (κ3) is 20.5. The van der Waals surface area contributed by atoms with E-state index < -0.39 is 59.7 Å². The lowest BCUT2D eigenvalue weighted by molar-refractivity contribution is -0.142. The molecule has 0 aliphatic heterocycles. The maximum absolute atomic E-state index is 12.6. The molecule has 0 spiro atoms. The number of unbranched alkanes of at least 4 members (excludes halogenated alkanes) is 3. The van der Waals surface area contributed by atoms with Crippen LogP contribution in [0.1, 0.15) is 63.5 Å². The number of nitrogens with two attached hydrogens (primary N) is 5. The van der Waals surface area contributed by atoms with Gasteiger partial charge in [-0.15, -0.1) is 0 Å². The number of carboxylic acid groups (broad SMARTS) is 2. The molecule has 1 heterocycles. The zero-order valence-corrected chi connectivity index (χ0v) is 26.7. The first-order chi connectivity index (χ1) is 22.4. The largest absolute Gasteiger partial charge is 0.480 e. The minimum absolute atomic E-state index is 0.0510. The fourth-order valence-electron chi connectivity index (χ4n) is 4.01. The lowest BCUT2D eigenvalue weighted by Gasteiger charge is -2.23. The topological polar surface area (TPSA) is 350 Å². The van der Waals surface area contributed by atoms with Gasteiger partial charge in [0.05, 0.1) is 31.2 Å². The molecule has 17 N–H and O–H groups in total. The predicted molar refractivity (Wildman–Crippen MR) is 172 cm³/mol. The average molecular weight is 672 g/mol. The molecule has 268 valence electrons. The molecule has 0 aliphatic rings. The van der Waals surface area contributed by atoms with E-state index in [1.165, 1.54) is 12.5 Å². The number of rotatable bonds is 24. The van der Waals surface area contributed by atoms with Gasteiger partial charge in [-0.3, -0.25) is 19.2 Å². The van der Waals surface area contributed by atoms with E-state index in [0.717, 1.165) is 12.8 Å². The normalized spacial score (nSPS) is 13.1. The van der Waals surface area contributed by atoms with Crippen molar-refractivity contribution in [2.75, 3.05) is 32.7 Å². The quantitative estimate of drug-likeness (QED) is 0.0472. The molecule has 4 atom stereocenters. The number of hydrogen-bond acceptors (Lipinski definition) is 12. The van der Waals surface area contributed by atoms with E-state index in [9.17, 15) is 33.9 Å². The fraction of sp³-hybridized carbons (Fsp3) is 0.679. The molecule has 0 saturated carbocycles. The molecule has 1 aromatic heterocycles. The first kappa shape index (κ1) is 42.8. The second kappa shape index (κ2) is 26.0. The Labute approximate surface area is 273 Å². The third-order valence-electron chi connectivity index (χ3n) is 6.68. The Morgan fingerprint density at radius 1 is 0.702 bits per heavy atom. The van der Waals surface area contributed by atoms with E-state index in [2.05, 4.69) is 31.2 Å². The molecule has 0 fully saturated rings. The maximum atomic E-state index is 12.6. The number of carboxylic acids is 2. The zero-order valence-electron chi connectivity index (χ0n) is 26.7. The smallest absolute Gasteiger partial charge is 0.326 e. The number of nitrogens with one attached hydrogen (secondary N) is 5. The number of amides is 4. The van der Waals surface area contributed by atoms with Gasteiger partial charge in [-0.25, -0.2) is 14.6 Å². The van der Waals surface area contributed by atoms with Gasteiger partial charge < -0.3 is 65.1 Å². The van der Waals surface area contributed by atoms with Gasteiger partial charge in [0.25, 0.3) is 0 Å². The molecule has 19 heteroatoms. The average Bonchev–Trinajstić information content (AvgIpc) is 3.55. The Bertz CT molecular complexity index is 1070. The van der Waals surface area contributed by atoms with Crippen LogP contribution in [0.4, 0.5) is 0 Å². The zero-order chi connectivity index (χ0) is 35.6. The second-order valence-electron chi connectivity index (χ2n) is 10.6. The van der Waals surface area contributed by atoms with Crippen molar-refractivity contribution in [3.63, 3.8) is 0 Å². The lowest BCUT2D eigenvalue weighted by atomic mass is 10.0. The van der Waals surface area contributed by atoms with E-state index in [0.29, 0.717) is 63.9 Å². The van der Waals surface area contributed by atoms with Crippen LogP contribution in [0.25, 0.3) is 0 Å². The summed E-state index contributed by atoms with van der Waals surface area (Å²) in [5.74, 6) is -4.35. The highest BCUT2D eigenvalue weighted by Crippen LogP contribution is 2.07.